The van der Waals surface area contributed by atoms with Crippen LogP contribution in [0.4, 0.5) is 22.0 Å². The molecule has 0 unspecified atom stereocenters. The maximum Gasteiger partial charge on any atom is 0.417 e. The second-order valence-electron chi connectivity index (χ2n) is 3.02. The number of carbonyl (C=O) groups is 1. The Morgan fingerprint density at radius 2 is 1.71 bits per heavy atom. The van der Waals surface area contributed by atoms with E-state index in [9.17, 15) is 26.7 Å². The Morgan fingerprint density at radius 1 is 1.18 bits per heavy atom. The molecular formula is C9H3BrClF5O. The molecule has 1 aromatic carbocycles. The van der Waals surface area contributed by atoms with Crippen molar-refractivity contribution in [2.45, 2.75) is 11.0 Å². The molecule has 0 saturated carbocycles. The van der Waals surface area contributed by atoms with Gasteiger partial charge in [0.05, 0.1) is 10.6 Å². The van der Waals surface area contributed by atoms with E-state index in [-0.39, 0.29) is 0 Å². The molecule has 0 aliphatic carbocycles. The SMILES string of the molecule is O=C(c1ccc(Cl)c(C(F)(F)F)c1)C(F)(F)Br. The van der Waals surface area contributed by atoms with Crippen molar-refractivity contribution in [3.63, 3.8) is 0 Å². The standard InChI is InChI=1S/C9H3BrClF5O/c10-8(12,13)7(17)4-1-2-6(11)5(3-4)9(14,15)16/h1-3H. The highest BCUT2D eigenvalue weighted by Gasteiger charge is 2.38. The van der Waals surface area contributed by atoms with E-state index in [1.807, 2.05) is 0 Å². The van der Waals surface area contributed by atoms with Crippen molar-refractivity contribution in [1.82, 2.24) is 0 Å². The molecule has 0 spiro atoms. The summed E-state index contributed by atoms with van der Waals surface area (Å²) in [5.74, 6) is -1.76. The first-order valence-electron chi connectivity index (χ1n) is 4.02. The van der Waals surface area contributed by atoms with Crippen molar-refractivity contribution in [2.24, 2.45) is 0 Å². The summed E-state index contributed by atoms with van der Waals surface area (Å²) in [5, 5.41) is -0.660. The number of Topliss-reactive ketones (excluding diaryl/α,β-unsaturated/α-hetero) is 1. The monoisotopic (exact) mass is 336 g/mol. The Morgan fingerprint density at radius 3 is 2.12 bits per heavy atom. The molecule has 0 aliphatic heterocycles. The van der Waals surface area contributed by atoms with Crippen LogP contribution in [0.5, 0.6) is 0 Å². The van der Waals surface area contributed by atoms with Gasteiger partial charge in [0.2, 0.25) is 5.78 Å². The molecule has 17 heavy (non-hydrogen) atoms. The van der Waals surface area contributed by atoms with E-state index in [0.29, 0.717) is 6.07 Å². The molecule has 0 saturated heterocycles. The van der Waals surface area contributed by atoms with Gasteiger partial charge in [0.1, 0.15) is 0 Å². The Hall–Kier alpha value is -0.690. The van der Waals surface area contributed by atoms with Gasteiger partial charge in [-0.05, 0) is 34.1 Å². The molecular weight excluding hydrogens is 334 g/mol. The van der Waals surface area contributed by atoms with Crippen LogP contribution in [0, 0.1) is 0 Å². The third-order valence-corrected chi connectivity index (χ3v) is 2.48. The lowest BCUT2D eigenvalue weighted by atomic mass is 10.1. The molecule has 1 aromatic rings. The normalized spacial score (nSPS) is 12.6. The highest BCUT2D eigenvalue weighted by Crippen LogP contribution is 2.36. The van der Waals surface area contributed by atoms with E-state index in [2.05, 4.69) is 0 Å². The van der Waals surface area contributed by atoms with E-state index >= 15 is 0 Å². The highest BCUT2D eigenvalue weighted by atomic mass is 79.9. The second kappa shape index (κ2) is 4.53. The highest BCUT2D eigenvalue weighted by molar-refractivity contribution is 9.10. The summed E-state index contributed by atoms with van der Waals surface area (Å²) in [6.45, 7) is 0. The van der Waals surface area contributed by atoms with Gasteiger partial charge >= 0.3 is 11.0 Å². The summed E-state index contributed by atoms with van der Waals surface area (Å²) >= 11 is 7.05. The second-order valence-corrected chi connectivity index (χ2v) is 4.42. The molecule has 0 aliphatic rings. The number of ketones is 1. The van der Waals surface area contributed by atoms with Crippen molar-refractivity contribution in [2.75, 3.05) is 0 Å². The van der Waals surface area contributed by atoms with E-state index in [4.69, 9.17) is 11.6 Å². The molecule has 0 aromatic heterocycles. The maximum atomic E-state index is 12.6. The van der Waals surface area contributed by atoms with Crippen LogP contribution in [-0.4, -0.2) is 10.6 Å². The zero-order valence-electron chi connectivity index (χ0n) is 7.79. The summed E-state index contributed by atoms with van der Waals surface area (Å²) in [6.07, 6.45) is -4.81. The Balaban J connectivity index is 3.28. The fourth-order valence-electron chi connectivity index (χ4n) is 1.05. The van der Waals surface area contributed by atoms with Gasteiger partial charge < -0.3 is 0 Å². The summed E-state index contributed by atoms with van der Waals surface area (Å²) in [5.41, 5.74) is -2.11. The zero-order valence-corrected chi connectivity index (χ0v) is 10.1. The predicted octanol–water partition coefficient (Wildman–Crippen LogP) is 4.53. The Bertz CT molecular complexity index is 452. The van der Waals surface area contributed by atoms with Gasteiger partial charge in [-0.15, -0.1) is 0 Å². The smallest absolute Gasteiger partial charge is 0.286 e. The van der Waals surface area contributed by atoms with Crippen LogP contribution in [0.15, 0.2) is 18.2 Å². The zero-order chi connectivity index (χ0) is 13.4. The number of halogens is 7. The van der Waals surface area contributed by atoms with Crippen molar-refractivity contribution in [3.05, 3.63) is 34.3 Å². The largest absolute Gasteiger partial charge is 0.417 e. The average Bonchev–Trinajstić information content (AvgIpc) is 2.14. The molecule has 0 heterocycles. The van der Waals surface area contributed by atoms with Gasteiger partial charge in [0, 0.05) is 5.56 Å². The first kappa shape index (κ1) is 14.4. The number of hydrogen-bond donors (Lipinski definition) is 0. The Labute approximate surface area is 106 Å². The van der Waals surface area contributed by atoms with Crippen molar-refractivity contribution in [1.29, 1.82) is 0 Å². The van der Waals surface area contributed by atoms with E-state index in [0.717, 1.165) is 12.1 Å². The number of carbonyl (C=O) groups excluding carboxylic acids is 1. The fourth-order valence-corrected chi connectivity index (χ4v) is 1.50. The van der Waals surface area contributed by atoms with Crippen LogP contribution in [0.2, 0.25) is 5.02 Å². The molecule has 0 N–H and O–H groups in total. The summed E-state index contributed by atoms with van der Waals surface area (Å²) in [6, 6.07) is 1.84. The van der Waals surface area contributed by atoms with E-state index in [1.165, 1.54) is 0 Å². The third-order valence-electron chi connectivity index (χ3n) is 1.79. The van der Waals surface area contributed by atoms with Gasteiger partial charge in [-0.25, -0.2) is 0 Å². The first-order chi connectivity index (χ1) is 7.53. The van der Waals surface area contributed by atoms with Crippen LogP contribution in [0.25, 0.3) is 0 Å². The molecule has 0 amide bonds. The number of alkyl halides is 6. The van der Waals surface area contributed by atoms with Gasteiger partial charge in [0.15, 0.2) is 0 Å². The number of benzene rings is 1. The molecule has 1 nitrogen and oxygen atoms in total. The van der Waals surface area contributed by atoms with Crippen molar-refractivity contribution in [3.8, 4) is 0 Å². The lowest BCUT2D eigenvalue weighted by Crippen LogP contribution is -2.21. The van der Waals surface area contributed by atoms with E-state index < -0.39 is 32.9 Å². The van der Waals surface area contributed by atoms with Gasteiger partial charge in [-0.1, -0.05) is 11.6 Å². The molecule has 0 atom stereocenters. The molecule has 94 valence electrons. The number of hydrogen-bond acceptors (Lipinski definition) is 1. The lowest BCUT2D eigenvalue weighted by molar-refractivity contribution is -0.137. The molecule has 8 heteroatoms. The van der Waals surface area contributed by atoms with Crippen molar-refractivity contribution >= 4 is 33.3 Å². The molecule has 1 rings (SSSR count). The average molecular weight is 337 g/mol. The predicted molar refractivity (Wildman–Crippen MR) is 54.7 cm³/mol. The quantitative estimate of drug-likeness (QED) is 0.440. The minimum Gasteiger partial charge on any atom is -0.286 e. The summed E-state index contributed by atoms with van der Waals surface area (Å²) < 4.78 is 62.3. The van der Waals surface area contributed by atoms with Gasteiger partial charge in [-0.3, -0.25) is 4.79 Å². The molecule has 0 fully saturated rings. The maximum absolute atomic E-state index is 12.6. The van der Waals surface area contributed by atoms with Gasteiger partial charge in [0.25, 0.3) is 0 Å². The van der Waals surface area contributed by atoms with Crippen LogP contribution in [-0.2, 0) is 6.18 Å². The van der Waals surface area contributed by atoms with E-state index in [1.54, 1.807) is 15.9 Å². The molecule has 0 bridgehead atoms. The summed E-state index contributed by atoms with van der Waals surface area (Å²) in [7, 11) is 0. The topological polar surface area (TPSA) is 17.1 Å². The third kappa shape index (κ3) is 3.38. The number of rotatable bonds is 2. The first-order valence-corrected chi connectivity index (χ1v) is 5.19. The Kier molecular flexibility index (Phi) is 3.83. The van der Waals surface area contributed by atoms with Crippen LogP contribution < -0.4 is 0 Å². The van der Waals surface area contributed by atoms with Crippen molar-refractivity contribution < 1.29 is 26.7 Å². The minimum atomic E-state index is -4.81. The van der Waals surface area contributed by atoms with Crippen LogP contribution in [0.3, 0.4) is 0 Å². The lowest BCUT2D eigenvalue weighted by Gasteiger charge is -2.12. The molecule has 0 radical (unpaired) electrons. The van der Waals surface area contributed by atoms with Crippen LogP contribution >= 0.6 is 27.5 Å². The minimum absolute atomic E-state index is 0.292. The summed E-state index contributed by atoms with van der Waals surface area (Å²) in [4.78, 5) is 7.14. The van der Waals surface area contributed by atoms with Crippen LogP contribution in [0.1, 0.15) is 15.9 Å². The fraction of sp³-hybridized carbons (Fsp3) is 0.222. The van der Waals surface area contributed by atoms with Gasteiger partial charge in [-0.2, -0.15) is 22.0 Å².